The largest absolute Gasteiger partial charge is 0.325 e. The monoisotopic (exact) mass is 424 g/mol. The van der Waals surface area contributed by atoms with Crippen LogP contribution < -0.4 is 5.32 Å². The summed E-state index contributed by atoms with van der Waals surface area (Å²) in [6.45, 7) is 7.69. The van der Waals surface area contributed by atoms with E-state index >= 15 is 0 Å². The van der Waals surface area contributed by atoms with Crippen molar-refractivity contribution >= 4 is 33.4 Å². The van der Waals surface area contributed by atoms with Gasteiger partial charge in [0.05, 0.1) is 10.1 Å². The van der Waals surface area contributed by atoms with E-state index in [-0.39, 0.29) is 16.6 Å². The lowest BCUT2D eigenvalue weighted by Crippen LogP contribution is -2.31. The molecule has 0 heterocycles. The fourth-order valence-electron chi connectivity index (χ4n) is 2.69. The summed E-state index contributed by atoms with van der Waals surface area (Å²) in [6, 6.07) is 11.1. The molecule has 0 saturated carbocycles. The number of rotatable bonds is 8. The highest BCUT2D eigenvalue weighted by molar-refractivity contribution is 8.00. The molecule has 1 amide bonds. The second-order valence-electron chi connectivity index (χ2n) is 6.25. The van der Waals surface area contributed by atoms with Gasteiger partial charge in [-0.1, -0.05) is 32.0 Å². The van der Waals surface area contributed by atoms with Crippen LogP contribution in [0.25, 0.3) is 0 Å². The molecule has 0 fully saturated rings. The minimum atomic E-state index is -3.64. The van der Waals surface area contributed by atoms with Gasteiger partial charge in [-0.05, 0) is 43.7 Å². The maximum Gasteiger partial charge on any atom is 0.243 e. The van der Waals surface area contributed by atoms with Crippen LogP contribution in [0.2, 0.25) is 0 Å². The van der Waals surface area contributed by atoms with E-state index in [1.807, 2.05) is 0 Å². The number of sulfonamides is 1. The van der Waals surface area contributed by atoms with E-state index < -0.39 is 15.3 Å². The topological polar surface area (TPSA) is 66.5 Å². The highest BCUT2D eigenvalue weighted by Gasteiger charge is 2.24. The van der Waals surface area contributed by atoms with Gasteiger partial charge in [0.2, 0.25) is 15.9 Å². The maximum atomic E-state index is 13.8. The number of halogens is 1. The van der Waals surface area contributed by atoms with E-state index in [1.165, 1.54) is 16.4 Å². The van der Waals surface area contributed by atoms with Crippen molar-refractivity contribution in [1.29, 1.82) is 0 Å². The fraction of sp³-hybridized carbons (Fsp3) is 0.350. The summed E-state index contributed by atoms with van der Waals surface area (Å²) in [5.74, 6) is -0.710. The Balaban J connectivity index is 2.20. The van der Waals surface area contributed by atoms with Gasteiger partial charge in [0.1, 0.15) is 5.82 Å². The highest BCUT2D eigenvalue weighted by atomic mass is 32.2. The standard InChI is InChI=1S/C20H25FN2O3S2/c1-5-23(6-2)28(25,26)19-13-16(12-11-14(19)3)22-20(24)15(4)27-18-10-8-7-9-17(18)21/h7-13,15H,5-6H2,1-4H3,(H,22,24)/t15-/m1/s1. The van der Waals surface area contributed by atoms with Crippen molar-refractivity contribution in [2.24, 2.45) is 0 Å². The Bertz CT molecular complexity index is 944. The minimum Gasteiger partial charge on any atom is -0.325 e. The lowest BCUT2D eigenvalue weighted by atomic mass is 10.2. The van der Waals surface area contributed by atoms with Gasteiger partial charge in [0.15, 0.2) is 0 Å². The van der Waals surface area contributed by atoms with Crippen LogP contribution in [0.1, 0.15) is 26.3 Å². The SMILES string of the molecule is CCN(CC)S(=O)(=O)c1cc(NC(=O)[C@@H](C)Sc2ccccc2F)ccc1C. The molecule has 1 N–H and O–H groups in total. The third kappa shape index (κ3) is 5.12. The first kappa shape index (κ1) is 22.4. The normalized spacial score (nSPS) is 12.8. The van der Waals surface area contributed by atoms with Crippen LogP contribution in [-0.4, -0.2) is 37.0 Å². The summed E-state index contributed by atoms with van der Waals surface area (Å²) in [6.07, 6.45) is 0. The summed E-state index contributed by atoms with van der Waals surface area (Å²) in [5.41, 5.74) is 1.00. The summed E-state index contributed by atoms with van der Waals surface area (Å²) >= 11 is 1.11. The molecule has 1 atom stereocenters. The van der Waals surface area contributed by atoms with Gasteiger partial charge in [0.25, 0.3) is 0 Å². The number of hydrogen-bond donors (Lipinski definition) is 1. The van der Waals surface area contributed by atoms with Crippen molar-refractivity contribution < 1.29 is 17.6 Å². The molecule has 0 radical (unpaired) electrons. The Morgan fingerprint density at radius 2 is 1.82 bits per heavy atom. The quantitative estimate of drug-likeness (QED) is 0.642. The van der Waals surface area contributed by atoms with Crippen LogP contribution in [0.15, 0.2) is 52.3 Å². The molecule has 0 spiro atoms. The zero-order chi connectivity index (χ0) is 20.9. The molecule has 2 aromatic carbocycles. The van der Waals surface area contributed by atoms with E-state index in [2.05, 4.69) is 5.32 Å². The predicted molar refractivity (Wildman–Crippen MR) is 112 cm³/mol. The number of benzene rings is 2. The molecular formula is C20H25FN2O3S2. The van der Waals surface area contributed by atoms with Crippen molar-refractivity contribution in [3.8, 4) is 0 Å². The molecular weight excluding hydrogens is 399 g/mol. The molecule has 0 saturated heterocycles. The van der Waals surface area contributed by atoms with Crippen molar-refractivity contribution in [3.63, 3.8) is 0 Å². The fourth-order valence-corrected chi connectivity index (χ4v) is 5.28. The van der Waals surface area contributed by atoms with Crippen molar-refractivity contribution in [1.82, 2.24) is 4.31 Å². The number of carbonyl (C=O) groups is 1. The zero-order valence-electron chi connectivity index (χ0n) is 16.4. The lowest BCUT2D eigenvalue weighted by Gasteiger charge is -2.20. The summed E-state index contributed by atoms with van der Waals surface area (Å²) < 4.78 is 40.8. The summed E-state index contributed by atoms with van der Waals surface area (Å²) in [4.78, 5) is 13.1. The second-order valence-corrected chi connectivity index (χ2v) is 9.54. The molecule has 8 heteroatoms. The third-order valence-corrected chi connectivity index (χ3v) is 7.63. The predicted octanol–water partition coefficient (Wildman–Crippen LogP) is 4.28. The zero-order valence-corrected chi connectivity index (χ0v) is 18.0. The van der Waals surface area contributed by atoms with Gasteiger partial charge < -0.3 is 5.32 Å². The molecule has 5 nitrogen and oxygen atoms in total. The van der Waals surface area contributed by atoms with Crippen molar-refractivity contribution in [2.45, 2.75) is 42.7 Å². The van der Waals surface area contributed by atoms with Gasteiger partial charge in [-0.25, -0.2) is 12.8 Å². The first-order chi connectivity index (χ1) is 13.2. The molecule has 0 aliphatic rings. The Hall–Kier alpha value is -1.90. The lowest BCUT2D eigenvalue weighted by molar-refractivity contribution is -0.115. The van der Waals surface area contributed by atoms with Gasteiger partial charge in [-0.15, -0.1) is 11.8 Å². The van der Waals surface area contributed by atoms with Crippen LogP contribution in [0.3, 0.4) is 0 Å². The van der Waals surface area contributed by atoms with Gasteiger partial charge >= 0.3 is 0 Å². The Labute approximate surface area is 170 Å². The first-order valence-corrected chi connectivity index (χ1v) is 11.4. The molecule has 0 aromatic heterocycles. The molecule has 152 valence electrons. The molecule has 2 rings (SSSR count). The van der Waals surface area contributed by atoms with Crippen molar-refractivity contribution in [3.05, 3.63) is 53.8 Å². The van der Waals surface area contributed by atoms with E-state index in [9.17, 15) is 17.6 Å². The average molecular weight is 425 g/mol. The number of aryl methyl sites for hydroxylation is 1. The molecule has 0 unspecified atom stereocenters. The molecule has 0 aliphatic carbocycles. The summed E-state index contributed by atoms with van der Waals surface area (Å²) in [7, 11) is -3.64. The molecule has 28 heavy (non-hydrogen) atoms. The Kier molecular flexibility index (Phi) is 7.63. The average Bonchev–Trinajstić information content (AvgIpc) is 2.65. The van der Waals surface area contributed by atoms with Gasteiger partial charge in [-0.3, -0.25) is 4.79 Å². The first-order valence-electron chi connectivity index (χ1n) is 9.03. The van der Waals surface area contributed by atoms with E-state index in [0.29, 0.717) is 29.2 Å². The van der Waals surface area contributed by atoms with Gasteiger partial charge in [0, 0.05) is 23.7 Å². The number of carbonyl (C=O) groups excluding carboxylic acids is 1. The van der Waals surface area contributed by atoms with Crippen LogP contribution in [0, 0.1) is 12.7 Å². The second kappa shape index (κ2) is 9.54. The third-order valence-electron chi connectivity index (χ3n) is 4.29. The number of nitrogens with one attached hydrogen (secondary N) is 1. The molecule has 2 aromatic rings. The summed E-state index contributed by atoms with van der Waals surface area (Å²) in [5, 5.41) is 2.18. The van der Waals surface area contributed by atoms with Crippen LogP contribution >= 0.6 is 11.8 Å². The number of hydrogen-bond acceptors (Lipinski definition) is 4. The highest BCUT2D eigenvalue weighted by Crippen LogP contribution is 2.28. The Morgan fingerprint density at radius 3 is 2.43 bits per heavy atom. The van der Waals surface area contributed by atoms with Crippen LogP contribution in [0.5, 0.6) is 0 Å². The van der Waals surface area contributed by atoms with Crippen molar-refractivity contribution in [2.75, 3.05) is 18.4 Å². The smallest absolute Gasteiger partial charge is 0.243 e. The minimum absolute atomic E-state index is 0.170. The van der Waals surface area contributed by atoms with Crippen LogP contribution in [0.4, 0.5) is 10.1 Å². The number of nitrogens with zero attached hydrogens (tertiary/aromatic N) is 1. The maximum absolute atomic E-state index is 13.8. The Morgan fingerprint density at radius 1 is 1.18 bits per heavy atom. The molecule has 0 aliphatic heterocycles. The van der Waals surface area contributed by atoms with Gasteiger partial charge in [-0.2, -0.15) is 4.31 Å². The van der Waals surface area contributed by atoms with E-state index in [1.54, 1.807) is 58.0 Å². The number of amides is 1. The number of thioether (sulfide) groups is 1. The number of anilines is 1. The van der Waals surface area contributed by atoms with E-state index in [4.69, 9.17) is 0 Å². The molecule has 0 bridgehead atoms. The van der Waals surface area contributed by atoms with Crippen LogP contribution in [-0.2, 0) is 14.8 Å². The van der Waals surface area contributed by atoms with E-state index in [0.717, 1.165) is 11.8 Å².